The molecule has 150 valence electrons. The lowest BCUT2D eigenvalue weighted by Gasteiger charge is -2.52. The van der Waals surface area contributed by atoms with Crippen molar-refractivity contribution in [3.8, 4) is 5.75 Å². The van der Waals surface area contributed by atoms with Crippen molar-refractivity contribution < 1.29 is 17.9 Å². The summed E-state index contributed by atoms with van der Waals surface area (Å²) in [4.78, 5) is 2.15. The van der Waals surface area contributed by atoms with E-state index in [4.69, 9.17) is 11.6 Å². The highest BCUT2D eigenvalue weighted by Crippen LogP contribution is 2.38. The Bertz CT molecular complexity index is 596. The lowest BCUT2D eigenvalue weighted by molar-refractivity contribution is -0.0521. The fraction of sp³-hybridized carbons (Fsp3) is 0.647. The Balaban J connectivity index is 0.00000169. The van der Waals surface area contributed by atoms with E-state index in [1.165, 1.54) is 18.6 Å². The van der Waals surface area contributed by atoms with Gasteiger partial charge in [0.2, 0.25) is 0 Å². The maximum Gasteiger partial charge on any atom is 0.387 e. The van der Waals surface area contributed by atoms with Crippen molar-refractivity contribution in [2.24, 2.45) is 0 Å². The topological polar surface area (TPSA) is 24.5 Å². The van der Waals surface area contributed by atoms with Crippen LogP contribution < -0.4 is 15.0 Å². The molecule has 2 aliphatic rings. The summed E-state index contributed by atoms with van der Waals surface area (Å²) in [5, 5.41) is 3.54. The number of nitrogens with zero attached hydrogens (tertiary/aromatic N) is 1. The number of halogens is 6. The van der Waals surface area contributed by atoms with Crippen LogP contribution in [0.25, 0.3) is 0 Å². The first-order valence-electron chi connectivity index (χ1n) is 8.25. The normalized spacial score (nSPS) is 24.3. The lowest BCUT2D eigenvalue weighted by atomic mass is 9.83. The molecule has 2 unspecified atom stereocenters. The Hall–Kier alpha value is -0.560. The predicted molar refractivity (Wildman–Crippen MR) is 103 cm³/mol. The third kappa shape index (κ3) is 5.03. The largest absolute Gasteiger partial charge is 0.430 e. The fourth-order valence-electron chi connectivity index (χ4n) is 3.94. The van der Waals surface area contributed by atoms with Gasteiger partial charge >= 0.3 is 6.61 Å². The van der Waals surface area contributed by atoms with Gasteiger partial charge in [-0.25, -0.2) is 4.39 Å². The van der Waals surface area contributed by atoms with Gasteiger partial charge in [0.05, 0.1) is 5.02 Å². The summed E-state index contributed by atoms with van der Waals surface area (Å²) in [7, 11) is 0. The SMILES string of the molecule is CC1(C)CN(c2cc(F)c(OC(F)F)c(Cl)c2)C2CCCCC2N1.Cl.Cl. The second-order valence-corrected chi connectivity index (χ2v) is 7.64. The zero-order chi connectivity index (χ0) is 17.5. The van der Waals surface area contributed by atoms with Crippen molar-refractivity contribution in [1.82, 2.24) is 5.32 Å². The first kappa shape index (κ1) is 23.5. The predicted octanol–water partition coefficient (Wildman–Crippen LogP) is 5.42. The number of ether oxygens (including phenoxy) is 1. The molecule has 3 nitrogen and oxygen atoms in total. The Morgan fingerprint density at radius 1 is 1.23 bits per heavy atom. The van der Waals surface area contributed by atoms with Gasteiger partial charge in [-0.15, -0.1) is 24.8 Å². The smallest absolute Gasteiger partial charge is 0.387 e. The molecule has 1 aliphatic carbocycles. The zero-order valence-corrected chi connectivity index (χ0v) is 17.0. The Morgan fingerprint density at radius 2 is 1.88 bits per heavy atom. The van der Waals surface area contributed by atoms with E-state index in [1.807, 2.05) is 0 Å². The molecule has 1 aromatic carbocycles. The van der Waals surface area contributed by atoms with Crippen molar-refractivity contribution >= 4 is 42.1 Å². The first-order chi connectivity index (χ1) is 11.3. The number of hydrogen-bond acceptors (Lipinski definition) is 3. The average Bonchev–Trinajstić information content (AvgIpc) is 2.48. The van der Waals surface area contributed by atoms with Crippen molar-refractivity contribution in [3.63, 3.8) is 0 Å². The van der Waals surface area contributed by atoms with E-state index in [0.29, 0.717) is 18.3 Å². The summed E-state index contributed by atoms with van der Waals surface area (Å²) in [5.41, 5.74) is 0.491. The van der Waals surface area contributed by atoms with Crippen LogP contribution in [0.1, 0.15) is 39.5 Å². The van der Waals surface area contributed by atoms with Gasteiger partial charge in [0.25, 0.3) is 0 Å². The summed E-state index contributed by atoms with van der Waals surface area (Å²) in [6, 6.07) is 3.36. The molecule has 26 heavy (non-hydrogen) atoms. The Morgan fingerprint density at radius 3 is 2.50 bits per heavy atom. The first-order valence-corrected chi connectivity index (χ1v) is 8.63. The van der Waals surface area contributed by atoms with Crippen LogP contribution >= 0.6 is 36.4 Å². The standard InChI is InChI=1S/C17H22ClF3N2O.2ClH/c1-17(2)9-23(14-6-4-3-5-13(14)22-17)10-7-11(18)15(12(19)8-10)24-16(20)21;;/h7-8,13-14,16,22H,3-6,9H2,1-2H3;2*1H. The minimum Gasteiger partial charge on any atom is -0.430 e. The van der Waals surface area contributed by atoms with E-state index in [9.17, 15) is 13.2 Å². The average molecular weight is 436 g/mol. The maximum atomic E-state index is 14.3. The van der Waals surface area contributed by atoms with E-state index in [1.54, 1.807) is 0 Å². The zero-order valence-electron chi connectivity index (χ0n) is 14.6. The molecule has 9 heteroatoms. The Labute approximate surface area is 169 Å². The fourth-order valence-corrected chi connectivity index (χ4v) is 4.19. The molecule has 0 radical (unpaired) electrons. The van der Waals surface area contributed by atoms with Crippen LogP contribution in [0.2, 0.25) is 5.02 Å². The quantitative estimate of drug-likeness (QED) is 0.686. The van der Waals surface area contributed by atoms with E-state index < -0.39 is 18.2 Å². The van der Waals surface area contributed by atoms with Gasteiger partial charge in [-0.3, -0.25) is 0 Å². The molecule has 1 saturated heterocycles. The molecule has 0 amide bonds. The summed E-state index contributed by atoms with van der Waals surface area (Å²) in [6.45, 7) is 1.80. The maximum absolute atomic E-state index is 14.3. The van der Waals surface area contributed by atoms with Gasteiger partial charge in [-0.2, -0.15) is 8.78 Å². The summed E-state index contributed by atoms with van der Waals surface area (Å²) in [5.74, 6) is -1.45. The van der Waals surface area contributed by atoms with Crippen LogP contribution in [-0.2, 0) is 0 Å². The van der Waals surface area contributed by atoms with Gasteiger partial charge in [0, 0.05) is 35.9 Å². The van der Waals surface area contributed by atoms with Crippen molar-refractivity contribution in [2.45, 2.75) is 63.8 Å². The van der Waals surface area contributed by atoms with Gasteiger partial charge in [0.1, 0.15) is 0 Å². The Kier molecular flexibility index (Phi) is 8.21. The third-order valence-electron chi connectivity index (χ3n) is 4.79. The molecule has 1 N–H and O–H groups in total. The van der Waals surface area contributed by atoms with Crippen LogP contribution in [0.3, 0.4) is 0 Å². The molecule has 1 saturated carbocycles. The molecule has 0 spiro atoms. The molecule has 2 fully saturated rings. The van der Waals surface area contributed by atoms with E-state index in [0.717, 1.165) is 19.3 Å². The molecule has 1 aromatic rings. The van der Waals surface area contributed by atoms with Crippen molar-refractivity contribution in [3.05, 3.63) is 23.0 Å². The third-order valence-corrected chi connectivity index (χ3v) is 5.07. The van der Waals surface area contributed by atoms with Crippen LogP contribution in [0.15, 0.2) is 12.1 Å². The number of nitrogens with one attached hydrogen (secondary N) is 1. The number of benzene rings is 1. The molecule has 2 atom stereocenters. The van der Waals surface area contributed by atoms with Gasteiger partial charge in [-0.1, -0.05) is 24.4 Å². The minimum atomic E-state index is -3.11. The molecule has 1 aliphatic heterocycles. The van der Waals surface area contributed by atoms with Crippen LogP contribution in [-0.4, -0.2) is 30.8 Å². The number of anilines is 1. The van der Waals surface area contributed by atoms with Crippen molar-refractivity contribution in [1.29, 1.82) is 0 Å². The van der Waals surface area contributed by atoms with Gasteiger partial charge in [0.15, 0.2) is 11.6 Å². The van der Waals surface area contributed by atoms with Crippen LogP contribution in [0.4, 0.5) is 18.9 Å². The molecule has 3 rings (SSSR count). The van der Waals surface area contributed by atoms with E-state index in [-0.39, 0.29) is 41.4 Å². The molecule has 0 aromatic heterocycles. The lowest BCUT2D eigenvalue weighted by Crippen LogP contribution is -2.67. The number of piperazine rings is 1. The van der Waals surface area contributed by atoms with Crippen molar-refractivity contribution in [2.75, 3.05) is 11.4 Å². The molecule has 1 heterocycles. The number of fused-ring (bicyclic) bond motifs is 1. The molecular weight excluding hydrogens is 412 g/mol. The summed E-state index contributed by atoms with van der Waals surface area (Å²) >= 11 is 6.00. The molecular formula is C17H24Cl3F3N2O. The minimum absolute atomic E-state index is 0. The highest BCUT2D eigenvalue weighted by molar-refractivity contribution is 6.32. The van der Waals surface area contributed by atoms with E-state index >= 15 is 0 Å². The summed E-state index contributed by atoms with van der Waals surface area (Å²) in [6.07, 6.45) is 4.40. The second kappa shape index (κ2) is 9.09. The van der Waals surface area contributed by atoms with Gasteiger partial charge < -0.3 is 15.0 Å². The highest BCUT2D eigenvalue weighted by Gasteiger charge is 2.40. The number of hydrogen-bond donors (Lipinski definition) is 1. The van der Waals surface area contributed by atoms with Crippen LogP contribution in [0, 0.1) is 5.82 Å². The van der Waals surface area contributed by atoms with Crippen LogP contribution in [0.5, 0.6) is 5.75 Å². The monoisotopic (exact) mass is 434 g/mol. The number of rotatable bonds is 3. The van der Waals surface area contributed by atoms with Gasteiger partial charge in [-0.05, 0) is 32.8 Å². The van der Waals surface area contributed by atoms with E-state index in [2.05, 4.69) is 28.8 Å². The summed E-state index contributed by atoms with van der Waals surface area (Å²) < 4.78 is 43.2. The highest BCUT2D eigenvalue weighted by atomic mass is 35.5. The number of alkyl halides is 2. The molecule has 0 bridgehead atoms. The second-order valence-electron chi connectivity index (χ2n) is 7.23.